The van der Waals surface area contributed by atoms with Gasteiger partial charge >= 0.3 is 0 Å². The molecule has 150 valence electrons. The summed E-state index contributed by atoms with van der Waals surface area (Å²) in [7, 11) is 1.91. The fourth-order valence-corrected chi connectivity index (χ4v) is 2.64. The first-order chi connectivity index (χ1) is 13.6. The molecule has 8 heteroatoms. The Labute approximate surface area is 165 Å². The van der Waals surface area contributed by atoms with Crippen LogP contribution in [0, 0.1) is 0 Å². The average Bonchev–Trinajstić information content (AvgIpc) is 3.41. The Bertz CT molecular complexity index is 813. The molecular formula is C20H28N6O2. The third-order valence-corrected chi connectivity index (χ3v) is 4.33. The van der Waals surface area contributed by atoms with E-state index in [-0.39, 0.29) is 12.5 Å². The van der Waals surface area contributed by atoms with Crippen LogP contribution >= 0.6 is 0 Å². The van der Waals surface area contributed by atoms with Crippen molar-refractivity contribution in [1.29, 1.82) is 0 Å². The SMILES string of the molecule is CCNC(=NCc1cccc(OCC(=O)NC2CC2)c1)NCc1ccnn1C. The predicted octanol–water partition coefficient (Wildman–Crippen LogP) is 1.33. The van der Waals surface area contributed by atoms with Gasteiger partial charge in [0.2, 0.25) is 0 Å². The van der Waals surface area contributed by atoms with Crippen molar-refractivity contribution in [2.24, 2.45) is 12.0 Å². The Morgan fingerprint density at radius 3 is 2.89 bits per heavy atom. The number of carbonyl (C=O) groups excluding carboxylic acids is 1. The van der Waals surface area contributed by atoms with Crippen LogP contribution < -0.4 is 20.7 Å². The summed E-state index contributed by atoms with van der Waals surface area (Å²) in [6.07, 6.45) is 3.92. The summed E-state index contributed by atoms with van der Waals surface area (Å²) in [6.45, 7) is 3.99. The average molecular weight is 384 g/mol. The molecule has 1 aliphatic rings. The molecule has 0 aliphatic heterocycles. The number of amides is 1. The van der Waals surface area contributed by atoms with Crippen molar-refractivity contribution in [1.82, 2.24) is 25.7 Å². The van der Waals surface area contributed by atoms with Crippen molar-refractivity contribution in [2.75, 3.05) is 13.2 Å². The number of aryl methyl sites for hydroxylation is 1. The van der Waals surface area contributed by atoms with Crippen molar-refractivity contribution in [2.45, 2.75) is 38.9 Å². The van der Waals surface area contributed by atoms with Crippen LogP contribution in [0.2, 0.25) is 0 Å². The van der Waals surface area contributed by atoms with E-state index >= 15 is 0 Å². The number of ether oxygens (including phenoxy) is 1. The summed E-state index contributed by atoms with van der Waals surface area (Å²) in [5.74, 6) is 1.34. The first kappa shape index (κ1) is 19.7. The van der Waals surface area contributed by atoms with Crippen molar-refractivity contribution in [3.05, 3.63) is 47.8 Å². The van der Waals surface area contributed by atoms with Gasteiger partial charge in [-0.1, -0.05) is 12.1 Å². The van der Waals surface area contributed by atoms with Gasteiger partial charge < -0.3 is 20.7 Å². The van der Waals surface area contributed by atoms with Crippen LogP contribution in [0.3, 0.4) is 0 Å². The van der Waals surface area contributed by atoms with E-state index in [0.717, 1.165) is 36.6 Å². The molecule has 1 amide bonds. The second kappa shape index (κ2) is 9.77. The lowest BCUT2D eigenvalue weighted by atomic mass is 10.2. The third-order valence-electron chi connectivity index (χ3n) is 4.33. The Morgan fingerprint density at radius 1 is 1.32 bits per heavy atom. The number of hydrogen-bond donors (Lipinski definition) is 3. The summed E-state index contributed by atoms with van der Waals surface area (Å²) < 4.78 is 7.43. The highest BCUT2D eigenvalue weighted by Gasteiger charge is 2.23. The van der Waals surface area contributed by atoms with Gasteiger partial charge in [0.25, 0.3) is 5.91 Å². The Kier molecular flexibility index (Phi) is 6.89. The number of rotatable bonds is 9. The Balaban J connectivity index is 1.52. The lowest BCUT2D eigenvalue weighted by Crippen LogP contribution is -2.37. The highest BCUT2D eigenvalue weighted by atomic mass is 16.5. The number of guanidine groups is 1. The van der Waals surface area contributed by atoms with Crippen LogP contribution in [0.5, 0.6) is 5.75 Å². The number of aromatic nitrogens is 2. The van der Waals surface area contributed by atoms with Crippen molar-refractivity contribution in [3.8, 4) is 5.75 Å². The van der Waals surface area contributed by atoms with Gasteiger partial charge in [-0.2, -0.15) is 5.10 Å². The minimum absolute atomic E-state index is 0.0398. The molecular weight excluding hydrogens is 356 g/mol. The standard InChI is InChI=1S/C20H28N6O2/c1-3-21-20(23-13-17-9-10-24-26(17)2)22-12-15-5-4-6-18(11-15)28-14-19(27)25-16-7-8-16/h4-6,9-11,16H,3,7-8,12-14H2,1-2H3,(H,25,27)(H2,21,22,23). The molecule has 2 aromatic rings. The molecule has 0 unspecified atom stereocenters. The van der Waals surface area contributed by atoms with Crippen molar-refractivity contribution >= 4 is 11.9 Å². The molecule has 28 heavy (non-hydrogen) atoms. The van der Waals surface area contributed by atoms with Gasteiger partial charge in [0.1, 0.15) is 5.75 Å². The molecule has 0 bridgehead atoms. The summed E-state index contributed by atoms with van der Waals surface area (Å²) in [6, 6.07) is 9.99. The van der Waals surface area contributed by atoms with Crippen LogP contribution in [0.4, 0.5) is 0 Å². The maximum absolute atomic E-state index is 11.8. The molecule has 0 atom stereocenters. The van der Waals surface area contributed by atoms with Crippen LogP contribution in [-0.2, 0) is 24.9 Å². The number of aliphatic imine (C=N–C) groups is 1. The van der Waals surface area contributed by atoms with E-state index in [1.54, 1.807) is 6.20 Å². The zero-order valence-corrected chi connectivity index (χ0v) is 16.4. The fraction of sp³-hybridized carbons (Fsp3) is 0.450. The molecule has 0 saturated heterocycles. The molecule has 1 saturated carbocycles. The summed E-state index contributed by atoms with van der Waals surface area (Å²) >= 11 is 0. The first-order valence-corrected chi connectivity index (χ1v) is 9.64. The summed E-state index contributed by atoms with van der Waals surface area (Å²) in [4.78, 5) is 16.4. The van der Waals surface area contributed by atoms with Gasteiger partial charge in [-0.3, -0.25) is 9.48 Å². The zero-order valence-electron chi connectivity index (χ0n) is 16.4. The highest BCUT2D eigenvalue weighted by Crippen LogP contribution is 2.18. The van der Waals surface area contributed by atoms with Gasteiger partial charge in [0.15, 0.2) is 12.6 Å². The van der Waals surface area contributed by atoms with E-state index in [9.17, 15) is 4.79 Å². The smallest absolute Gasteiger partial charge is 0.258 e. The minimum atomic E-state index is -0.0697. The number of nitrogens with one attached hydrogen (secondary N) is 3. The molecule has 1 aromatic heterocycles. The van der Waals surface area contributed by atoms with E-state index in [0.29, 0.717) is 24.9 Å². The van der Waals surface area contributed by atoms with E-state index in [1.807, 2.05) is 49.0 Å². The van der Waals surface area contributed by atoms with E-state index in [2.05, 4.69) is 26.0 Å². The first-order valence-electron chi connectivity index (χ1n) is 9.64. The Hall–Kier alpha value is -3.03. The molecule has 0 spiro atoms. The summed E-state index contributed by atoms with van der Waals surface area (Å²) in [5.41, 5.74) is 2.09. The number of hydrogen-bond acceptors (Lipinski definition) is 4. The lowest BCUT2D eigenvalue weighted by molar-refractivity contribution is -0.123. The third kappa shape index (κ3) is 6.29. The zero-order chi connectivity index (χ0) is 19.8. The fourth-order valence-electron chi connectivity index (χ4n) is 2.64. The molecule has 0 radical (unpaired) electrons. The molecule has 8 nitrogen and oxygen atoms in total. The minimum Gasteiger partial charge on any atom is -0.484 e. The number of benzene rings is 1. The van der Waals surface area contributed by atoms with Crippen LogP contribution in [-0.4, -0.2) is 40.8 Å². The number of nitrogens with zero attached hydrogens (tertiary/aromatic N) is 3. The van der Waals surface area contributed by atoms with Gasteiger partial charge in [0, 0.05) is 25.8 Å². The molecule has 1 aromatic carbocycles. The monoisotopic (exact) mass is 384 g/mol. The topological polar surface area (TPSA) is 92.6 Å². The molecule has 3 rings (SSSR count). The second-order valence-corrected chi connectivity index (χ2v) is 6.77. The van der Waals surface area contributed by atoms with Gasteiger partial charge in [-0.15, -0.1) is 0 Å². The van der Waals surface area contributed by atoms with Gasteiger partial charge in [-0.25, -0.2) is 4.99 Å². The van der Waals surface area contributed by atoms with Gasteiger partial charge in [0.05, 0.1) is 18.8 Å². The molecule has 1 aliphatic carbocycles. The largest absolute Gasteiger partial charge is 0.484 e. The molecule has 1 fully saturated rings. The second-order valence-electron chi connectivity index (χ2n) is 6.77. The van der Waals surface area contributed by atoms with Crippen molar-refractivity contribution < 1.29 is 9.53 Å². The van der Waals surface area contributed by atoms with Crippen LogP contribution in [0.25, 0.3) is 0 Å². The van der Waals surface area contributed by atoms with Gasteiger partial charge in [-0.05, 0) is 43.5 Å². The molecule has 1 heterocycles. The Morgan fingerprint density at radius 2 is 2.18 bits per heavy atom. The highest BCUT2D eigenvalue weighted by molar-refractivity contribution is 5.79. The van der Waals surface area contributed by atoms with Crippen LogP contribution in [0.15, 0.2) is 41.5 Å². The summed E-state index contributed by atoms with van der Waals surface area (Å²) in [5, 5.41) is 13.6. The predicted molar refractivity (Wildman–Crippen MR) is 108 cm³/mol. The maximum atomic E-state index is 11.8. The number of carbonyl (C=O) groups is 1. The molecule has 3 N–H and O–H groups in total. The van der Waals surface area contributed by atoms with Crippen LogP contribution in [0.1, 0.15) is 31.0 Å². The van der Waals surface area contributed by atoms with E-state index in [4.69, 9.17) is 4.74 Å². The van der Waals surface area contributed by atoms with Crippen molar-refractivity contribution in [3.63, 3.8) is 0 Å². The van der Waals surface area contributed by atoms with E-state index < -0.39 is 0 Å². The maximum Gasteiger partial charge on any atom is 0.258 e. The quantitative estimate of drug-likeness (QED) is 0.448. The lowest BCUT2D eigenvalue weighted by Gasteiger charge is -2.12. The normalized spacial score (nSPS) is 13.9. The van der Waals surface area contributed by atoms with E-state index in [1.165, 1.54) is 0 Å².